The van der Waals surface area contributed by atoms with Crippen molar-refractivity contribution in [1.82, 2.24) is 20.5 Å². The number of hydrogen-bond acceptors (Lipinski definition) is 6. The quantitative estimate of drug-likeness (QED) is 0.230. The second-order valence-electron chi connectivity index (χ2n) is 5.62. The van der Waals surface area contributed by atoms with Crippen LogP contribution in [0.4, 0.5) is 0 Å². The van der Waals surface area contributed by atoms with Crippen LogP contribution in [0.5, 0.6) is 0 Å². The highest BCUT2D eigenvalue weighted by Crippen LogP contribution is 2.23. The summed E-state index contributed by atoms with van der Waals surface area (Å²) < 4.78 is 10.6. The molecule has 0 radical (unpaired) electrons. The van der Waals surface area contributed by atoms with E-state index in [0.717, 1.165) is 49.2 Å². The van der Waals surface area contributed by atoms with Crippen molar-refractivity contribution in [3.63, 3.8) is 0 Å². The van der Waals surface area contributed by atoms with Crippen molar-refractivity contribution in [1.29, 1.82) is 0 Å². The van der Waals surface area contributed by atoms with Crippen LogP contribution in [0.25, 0.3) is 10.8 Å². The maximum Gasteiger partial charge on any atom is 0.236 e. The van der Waals surface area contributed by atoms with Crippen LogP contribution < -0.4 is 10.6 Å². The van der Waals surface area contributed by atoms with Crippen LogP contribution in [-0.2, 0) is 11.3 Å². The molecule has 0 spiro atoms. The van der Waals surface area contributed by atoms with Gasteiger partial charge in [-0.05, 0) is 24.9 Å². The summed E-state index contributed by atoms with van der Waals surface area (Å²) in [4.78, 5) is 12.0. The summed E-state index contributed by atoms with van der Waals surface area (Å²) in [5.41, 5.74) is 0.850. The highest BCUT2D eigenvalue weighted by atomic mass is 127. The first-order valence-corrected chi connectivity index (χ1v) is 9.21. The molecule has 2 N–H and O–H groups in total. The van der Waals surface area contributed by atoms with Gasteiger partial charge in [-0.25, -0.2) is 4.98 Å². The van der Waals surface area contributed by atoms with E-state index >= 15 is 0 Å². The topological polar surface area (TPSA) is 74.9 Å². The van der Waals surface area contributed by atoms with Crippen LogP contribution in [0.15, 0.2) is 33.2 Å². The molecule has 2 aromatic rings. The summed E-state index contributed by atoms with van der Waals surface area (Å²) in [5, 5.41) is 8.57. The molecule has 2 aromatic heterocycles. The molecule has 0 aliphatic heterocycles. The summed E-state index contributed by atoms with van der Waals surface area (Å²) in [6.07, 6.45) is 2.72. The van der Waals surface area contributed by atoms with Crippen molar-refractivity contribution >= 4 is 41.3 Å². The number of methoxy groups -OCH3 is 1. The number of ether oxygens (including phenoxy) is 1. The number of aliphatic imine (C=N–C) groups is 1. The van der Waals surface area contributed by atoms with Crippen LogP contribution in [0.3, 0.4) is 0 Å². The number of rotatable bonds is 10. The first kappa shape index (κ1) is 22.9. The predicted octanol–water partition coefficient (Wildman–Crippen LogP) is 2.65. The lowest BCUT2D eigenvalue weighted by Crippen LogP contribution is -2.40. The average molecular weight is 493 g/mol. The van der Waals surface area contributed by atoms with E-state index in [2.05, 4.69) is 32.6 Å². The summed E-state index contributed by atoms with van der Waals surface area (Å²) in [6, 6.07) is 3.98. The van der Waals surface area contributed by atoms with Crippen LogP contribution in [0.2, 0.25) is 0 Å². The van der Waals surface area contributed by atoms with Crippen molar-refractivity contribution in [2.24, 2.45) is 4.99 Å². The Hall–Kier alpha value is -1.17. The third-order valence-corrected chi connectivity index (χ3v) is 4.48. The van der Waals surface area contributed by atoms with E-state index in [9.17, 15) is 0 Å². The first-order valence-electron chi connectivity index (χ1n) is 8.33. The van der Waals surface area contributed by atoms with Gasteiger partial charge in [0.15, 0.2) is 5.96 Å². The normalized spacial score (nSPS) is 11.5. The van der Waals surface area contributed by atoms with E-state index in [1.54, 1.807) is 31.8 Å². The number of hydrogen-bond donors (Lipinski definition) is 2. The van der Waals surface area contributed by atoms with Crippen LogP contribution in [0.1, 0.15) is 12.1 Å². The van der Waals surface area contributed by atoms with Crippen molar-refractivity contribution in [2.45, 2.75) is 13.0 Å². The van der Waals surface area contributed by atoms with Gasteiger partial charge in [0.25, 0.3) is 0 Å². The largest absolute Gasteiger partial charge is 0.443 e. The fourth-order valence-electron chi connectivity index (χ4n) is 2.25. The van der Waals surface area contributed by atoms with E-state index in [0.29, 0.717) is 12.4 Å². The molecule has 2 rings (SSSR count). The monoisotopic (exact) mass is 493 g/mol. The van der Waals surface area contributed by atoms with Crippen LogP contribution >= 0.6 is 35.3 Å². The molecule has 0 atom stereocenters. The summed E-state index contributed by atoms with van der Waals surface area (Å²) in [6.45, 7) is 4.15. The molecule has 0 amide bonds. The van der Waals surface area contributed by atoms with Gasteiger partial charge in [0.05, 0.1) is 17.1 Å². The molecule has 0 unspecified atom stereocenters. The van der Waals surface area contributed by atoms with Gasteiger partial charge in [-0.15, -0.1) is 35.3 Å². The van der Waals surface area contributed by atoms with Gasteiger partial charge in [-0.2, -0.15) is 0 Å². The van der Waals surface area contributed by atoms with Crippen molar-refractivity contribution in [3.05, 3.63) is 29.5 Å². The number of nitrogens with one attached hydrogen (secondary N) is 2. The molecule has 146 valence electrons. The van der Waals surface area contributed by atoms with E-state index in [1.165, 1.54) is 0 Å². The third kappa shape index (κ3) is 8.02. The number of halogens is 1. The molecule has 0 bridgehead atoms. The molecule has 9 heteroatoms. The van der Waals surface area contributed by atoms with Gasteiger partial charge in [-0.3, -0.25) is 4.99 Å². The molecule has 7 nitrogen and oxygen atoms in total. The molecule has 26 heavy (non-hydrogen) atoms. The zero-order valence-electron chi connectivity index (χ0n) is 15.5. The van der Waals surface area contributed by atoms with E-state index in [1.807, 2.05) is 17.5 Å². The Kier molecular flexibility index (Phi) is 11.5. The van der Waals surface area contributed by atoms with Crippen molar-refractivity contribution in [2.75, 3.05) is 47.4 Å². The molecule has 0 fully saturated rings. The fourth-order valence-corrected chi connectivity index (χ4v) is 2.91. The highest BCUT2D eigenvalue weighted by Gasteiger charge is 2.08. The van der Waals surface area contributed by atoms with Crippen molar-refractivity contribution < 1.29 is 9.15 Å². The van der Waals surface area contributed by atoms with Gasteiger partial charge >= 0.3 is 0 Å². The average Bonchev–Trinajstić information content (AvgIpc) is 3.29. The Morgan fingerprint density at radius 3 is 2.92 bits per heavy atom. The van der Waals surface area contributed by atoms with Gasteiger partial charge < -0.3 is 24.7 Å². The number of likely N-dealkylation sites (N-methyl/N-ethyl adjacent to an activating group) is 1. The minimum Gasteiger partial charge on any atom is -0.443 e. The Bertz CT molecular complexity index is 633. The summed E-state index contributed by atoms with van der Waals surface area (Å²) in [5.74, 6) is 1.42. The first-order chi connectivity index (χ1) is 12.2. The minimum absolute atomic E-state index is 0. The zero-order chi connectivity index (χ0) is 17.9. The fraction of sp³-hybridized carbons (Fsp3) is 0.529. The van der Waals surface area contributed by atoms with Gasteiger partial charge in [-0.1, -0.05) is 6.07 Å². The van der Waals surface area contributed by atoms with Gasteiger partial charge in [0.1, 0.15) is 6.26 Å². The summed E-state index contributed by atoms with van der Waals surface area (Å²) >= 11 is 1.61. The number of aromatic nitrogens is 1. The number of oxazole rings is 1. The molecule has 0 aromatic carbocycles. The van der Waals surface area contributed by atoms with Crippen molar-refractivity contribution in [3.8, 4) is 10.8 Å². The number of guanidine groups is 1. The summed E-state index contributed by atoms with van der Waals surface area (Å²) in [7, 11) is 5.60. The Morgan fingerprint density at radius 2 is 2.23 bits per heavy atom. The van der Waals surface area contributed by atoms with Gasteiger partial charge in [0.2, 0.25) is 5.89 Å². The third-order valence-electron chi connectivity index (χ3n) is 3.62. The van der Waals surface area contributed by atoms with Gasteiger partial charge in [0, 0.05) is 40.4 Å². The van der Waals surface area contributed by atoms with E-state index < -0.39 is 0 Å². The molecule has 0 saturated heterocycles. The lowest BCUT2D eigenvalue weighted by molar-refractivity contribution is 0.180. The highest BCUT2D eigenvalue weighted by molar-refractivity contribution is 14.0. The predicted molar refractivity (Wildman–Crippen MR) is 117 cm³/mol. The maximum absolute atomic E-state index is 5.52. The second kappa shape index (κ2) is 13.1. The Labute approximate surface area is 176 Å². The zero-order valence-corrected chi connectivity index (χ0v) is 18.7. The van der Waals surface area contributed by atoms with E-state index in [4.69, 9.17) is 9.15 Å². The lowest BCUT2D eigenvalue weighted by atomic mass is 10.4. The second-order valence-corrected chi connectivity index (χ2v) is 6.57. The Balaban J connectivity index is 0.00000338. The van der Waals surface area contributed by atoms with Crippen LogP contribution in [-0.4, -0.2) is 63.3 Å². The molecule has 0 aliphatic carbocycles. The molecular weight excluding hydrogens is 465 g/mol. The minimum atomic E-state index is 0. The lowest BCUT2D eigenvalue weighted by Gasteiger charge is -2.17. The number of nitrogens with zero attached hydrogens (tertiary/aromatic N) is 3. The Morgan fingerprint density at radius 1 is 1.38 bits per heavy atom. The van der Waals surface area contributed by atoms with E-state index in [-0.39, 0.29) is 24.0 Å². The molecule has 2 heterocycles. The number of thiophene rings is 1. The maximum atomic E-state index is 5.52. The smallest absolute Gasteiger partial charge is 0.236 e. The standard InChI is InChI=1S/C17H27N5O2S.HI/c1-18-17(19-7-9-22(2)8-5-10-23-3)20-12-14-13-24-16(21-14)15-6-4-11-25-15;/h4,6,11,13H,5,7-10,12H2,1-3H3,(H2,18,19,20);1H. The molecule has 0 aliphatic rings. The SMILES string of the molecule is CN=C(NCCN(C)CCCOC)NCc1coc(-c2cccs2)n1.I. The molecular formula is C17H28IN5O2S. The van der Waals surface area contributed by atoms with Crippen LogP contribution in [0, 0.1) is 0 Å². The molecule has 0 saturated carbocycles.